The molecule has 2 aromatic rings. The Morgan fingerprint density at radius 2 is 2.08 bits per heavy atom. The molecule has 1 fully saturated rings. The highest BCUT2D eigenvalue weighted by Gasteiger charge is 2.24. The minimum absolute atomic E-state index is 0.200. The normalized spacial score (nSPS) is 19.3. The Labute approximate surface area is 147 Å². The molecule has 1 N–H and O–H groups in total. The molecule has 126 valence electrons. The molecule has 0 radical (unpaired) electrons. The Bertz CT molecular complexity index is 679. The third-order valence-corrected chi connectivity index (χ3v) is 5.42. The van der Waals surface area contributed by atoms with E-state index in [0.29, 0.717) is 6.54 Å². The molecule has 1 atom stereocenters. The van der Waals surface area contributed by atoms with Gasteiger partial charge in [-0.2, -0.15) is 0 Å². The molecule has 4 heteroatoms. The van der Waals surface area contributed by atoms with Crippen molar-refractivity contribution >= 4 is 22.9 Å². The monoisotopic (exact) mass is 341 g/mol. The highest BCUT2D eigenvalue weighted by Crippen LogP contribution is 2.27. The van der Waals surface area contributed by atoms with Gasteiger partial charge in [-0.3, -0.25) is 4.79 Å². The Morgan fingerprint density at radius 1 is 1.25 bits per heavy atom. The summed E-state index contributed by atoms with van der Waals surface area (Å²) in [6.07, 6.45) is 5.03. The maximum absolute atomic E-state index is 11.2. The fraction of sp³-hybridized carbons (Fsp3) is 0.350. The molecule has 1 saturated heterocycles. The van der Waals surface area contributed by atoms with Crippen molar-refractivity contribution in [1.82, 2.24) is 4.90 Å². The largest absolute Gasteiger partial charge is 0.481 e. The minimum atomic E-state index is -0.654. The van der Waals surface area contributed by atoms with Crippen molar-refractivity contribution in [3.8, 4) is 0 Å². The zero-order valence-corrected chi connectivity index (χ0v) is 14.5. The fourth-order valence-corrected chi connectivity index (χ4v) is 4.05. The summed E-state index contributed by atoms with van der Waals surface area (Å²) in [6, 6.07) is 14.7. The zero-order valence-electron chi connectivity index (χ0n) is 13.7. The number of thiophene rings is 1. The summed E-state index contributed by atoms with van der Waals surface area (Å²) in [5.41, 5.74) is 2.51. The highest BCUT2D eigenvalue weighted by atomic mass is 32.1. The second kappa shape index (κ2) is 8.27. The number of carbonyl (C=O) groups is 1. The van der Waals surface area contributed by atoms with Crippen molar-refractivity contribution < 1.29 is 9.90 Å². The molecule has 1 aromatic heterocycles. The maximum Gasteiger partial charge on any atom is 0.307 e. The number of nitrogens with zero attached hydrogens (tertiary/aromatic N) is 1. The van der Waals surface area contributed by atoms with Crippen molar-refractivity contribution in [2.45, 2.75) is 19.3 Å². The first-order valence-corrected chi connectivity index (χ1v) is 9.36. The van der Waals surface area contributed by atoms with E-state index in [0.717, 1.165) is 32.4 Å². The number of hydrogen-bond acceptors (Lipinski definition) is 3. The van der Waals surface area contributed by atoms with E-state index < -0.39 is 5.97 Å². The summed E-state index contributed by atoms with van der Waals surface area (Å²) in [6.45, 7) is 2.62. The number of piperidine rings is 1. The lowest BCUT2D eigenvalue weighted by molar-refractivity contribution is -0.143. The fourth-order valence-electron chi connectivity index (χ4n) is 3.26. The van der Waals surface area contributed by atoms with Gasteiger partial charge in [0.15, 0.2) is 0 Å². The molecule has 0 aliphatic carbocycles. The number of carboxylic acids is 1. The van der Waals surface area contributed by atoms with Crippen LogP contribution in [0.1, 0.15) is 29.7 Å². The van der Waals surface area contributed by atoms with Crippen LogP contribution in [0.4, 0.5) is 0 Å². The molecule has 1 unspecified atom stereocenters. The van der Waals surface area contributed by atoms with Gasteiger partial charge in [-0.15, -0.1) is 11.3 Å². The van der Waals surface area contributed by atoms with Crippen molar-refractivity contribution in [1.29, 1.82) is 0 Å². The average Bonchev–Trinajstić information content (AvgIpc) is 3.14. The van der Waals surface area contributed by atoms with E-state index in [1.807, 2.05) is 6.07 Å². The molecule has 0 spiro atoms. The predicted octanol–water partition coefficient (Wildman–Crippen LogP) is 4.37. The van der Waals surface area contributed by atoms with Gasteiger partial charge in [-0.05, 0) is 48.4 Å². The Kier molecular flexibility index (Phi) is 5.83. The van der Waals surface area contributed by atoms with Gasteiger partial charge < -0.3 is 10.0 Å². The highest BCUT2D eigenvalue weighted by molar-refractivity contribution is 7.11. The molecule has 0 bridgehead atoms. The first-order chi connectivity index (χ1) is 11.7. The van der Waals surface area contributed by atoms with Crippen LogP contribution >= 0.6 is 11.3 Å². The number of hydrogen-bond donors (Lipinski definition) is 1. The van der Waals surface area contributed by atoms with Crippen LogP contribution in [0.25, 0.3) is 5.57 Å². The lowest BCUT2D eigenvalue weighted by atomic mass is 9.98. The number of likely N-dealkylation sites (tertiary alicyclic amines) is 1. The van der Waals surface area contributed by atoms with Gasteiger partial charge in [-0.25, -0.2) is 0 Å². The van der Waals surface area contributed by atoms with Gasteiger partial charge >= 0.3 is 5.97 Å². The Morgan fingerprint density at radius 3 is 2.79 bits per heavy atom. The lowest BCUT2D eigenvalue weighted by Crippen LogP contribution is -2.39. The van der Waals surface area contributed by atoms with Crippen LogP contribution < -0.4 is 0 Å². The summed E-state index contributed by atoms with van der Waals surface area (Å²) in [7, 11) is 0. The smallest absolute Gasteiger partial charge is 0.307 e. The van der Waals surface area contributed by atoms with E-state index >= 15 is 0 Å². The van der Waals surface area contributed by atoms with Crippen molar-refractivity contribution in [2.75, 3.05) is 19.6 Å². The standard InChI is InChI=1S/C20H23NO2S/c22-20(23)17-9-4-12-21(15-17)13-5-10-18(19-11-6-14-24-19)16-7-2-1-3-8-16/h1-3,6-8,10-11,14,17H,4-5,9,12-13,15H2,(H,22,23)/b18-10-. The van der Waals surface area contributed by atoms with Gasteiger partial charge in [0.2, 0.25) is 0 Å². The van der Waals surface area contributed by atoms with E-state index in [2.05, 4.69) is 52.8 Å². The second-order valence-corrected chi connectivity index (χ2v) is 7.18. The molecule has 1 aromatic carbocycles. The summed E-state index contributed by atoms with van der Waals surface area (Å²) in [5.74, 6) is -0.854. The zero-order chi connectivity index (χ0) is 16.8. The first kappa shape index (κ1) is 16.9. The molecule has 2 heterocycles. The third kappa shape index (κ3) is 4.34. The van der Waals surface area contributed by atoms with Crippen LogP contribution in [0.5, 0.6) is 0 Å². The van der Waals surface area contributed by atoms with Crippen LogP contribution in [-0.2, 0) is 4.79 Å². The summed E-state index contributed by atoms with van der Waals surface area (Å²) in [4.78, 5) is 14.8. The Hall–Kier alpha value is -1.91. The van der Waals surface area contributed by atoms with Crippen LogP contribution in [0, 0.1) is 5.92 Å². The van der Waals surface area contributed by atoms with Gasteiger partial charge in [0.05, 0.1) is 5.92 Å². The van der Waals surface area contributed by atoms with E-state index in [9.17, 15) is 9.90 Å². The topological polar surface area (TPSA) is 40.5 Å². The van der Waals surface area contributed by atoms with E-state index in [1.165, 1.54) is 16.0 Å². The molecular formula is C20H23NO2S. The van der Waals surface area contributed by atoms with Gasteiger partial charge in [-0.1, -0.05) is 42.5 Å². The number of benzene rings is 1. The number of carboxylic acid groups (broad SMARTS) is 1. The first-order valence-electron chi connectivity index (χ1n) is 8.48. The molecule has 3 nitrogen and oxygen atoms in total. The van der Waals surface area contributed by atoms with Gasteiger partial charge in [0.25, 0.3) is 0 Å². The third-order valence-electron chi connectivity index (χ3n) is 4.52. The van der Waals surface area contributed by atoms with E-state index in [1.54, 1.807) is 11.3 Å². The van der Waals surface area contributed by atoms with Crippen LogP contribution in [-0.4, -0.2) is 35.6 Å². The molecule has 1 aliphatic rings. The second-order valence-electron chi connectivity index (χ2n) is 6.23. The number of rotatable bonds is 6. The van der Waals surface area contributed by atoms with E-state index in [-0.39, 0.29) is 5.92 Å². The SMILES string of the molecule is O=C(O)C1CCCN(CC/C=C(/c2ccccc2)c2cccs2)C1. The van der Waals surface area contributed by atoms with Crippen LogP contribution in [0.3, 0.4) is 0 Å². The van der Waals surface area contributed by atoms with Crippen molar-refractivity contribution in [2.24, 2.45) is 5.92 Å². The van der Waals surface area contributed by atoms with Crippen LogP contribution in [0.2, 0.25) is 0 Å². The summed E-state index contributed by atoms with van der Waals surface area (Å²) >= 11 is 1.76. The minimum Gasteiger partial charge on any atom is -0.481 e. The molecule has 24 heavy (non-hydrogen) atoms. The van der Waals surface area contributed by atoms with Gasteiger partial charge in [0, 0.05) is 18.0 Å². The molecule has 0 saturated carbocycles. The summed E-state index contributed by atoms with van der Waals surface area (Å²) in [5, 5.41) is 11.3. The maximum atomic E-state index is 11.2. The van der Waals surface area contributed by atoms with Gasteiger partial charge in [0.1, 0.15) is 0 Å². The molecule has 3 rings (SSSR count). The van der Waals surface area contributed by atoms with Crippen molar-refractivity contribution in [3.63, 3.8) is 0 Å². The number of aliphatic carboxylic acids is 1. The lowest BCUT2D eigenvalue weighted by Gasteiger charge is -2.30. The average molecular weight is 341 g/mol. The van der Waals surface area contributed by atoms with E-state index in [4.69, 9.17) is 0 Å². The molecule has 0 amide bonds. The summed E-state index contributed by atoms with van der Waals surface area (Å²) < 4.78 is 0. The quantitative estimate of drug-likeness (QED) is 0.848. The van der Waals surface area contributed by atoms with Crippen molar-refractivity contribution in [3.05, 3.63) is 64.4 Å². The molecule has 1 aliphatic heterocycles. The molecular weight excluding hydrogens is 318 g/mol. The van der Waals surface area contributed by atoms with Crippen LogP contribution in [0.15, 0.2) is 53.9 Å². The predicted molar refractivity (Wildman–Crippen MR) is 99.3 cm³/mol. The Balaban J connectivity index is 1.67.